The van der Waals surface area contributed by atoms with E-state index >= 15 is 0 Å². The van der Waals surface area contributed by atoms with Crippen molar-refractivity contribution in [2.75, 3.05) is 27.4 Å². The second-order valence-electron chi connectivity index (χ2n) is 5.31. The van der Waals surface area contributed by atoms with Crippen molar-refractivity contribution in [2.45, 2.75) is 6.92 Å². The van der Waals surface area contributed by atoms with Crippen molar-refractivity contribution in [1.82, 2.24) is 0 Å². The van der Waals surface area contributed by atoms with Crippen molar-refractivity contribution in [3.05, 3.63) is 65.2 Å². The third-order valence-corrected chi connectivity index (χ3v) is 3.49. The summed E-state index contributed by atoms with van der Waals surface area (Å²) in [6.45, 7) is 3.01. The molecule has 0 atom stereocenters. The average Bonchev–Trinajstić information content (AvgIpc) is 2.60. The Morgan fingerprint density at radius 3 is 2.46 bits per heavy atom. The summed E-state index contributed by atoms with van der Waals surface area (Å²) < 4.78 is 15.7. The first kappa shape index (κ1) is 17.8. The zero-order valence-corrected chi connectivity index (χ0v) is 14.2. The van der Waals surface area contributed by atoms with E-state index in [0.29, 0.717) is 24.5 Å². The van der Waals surface area contributed by atoms with E-state index in [0.717, 1.165) is 16.9 Å². The minimum absolute atomic E-state index is 0.0676. The normalized spacial score (nSPS) is 10.8. The van der Waals surface area contributed by atoms with Gasteiger partial charge < -0.3 is 14.2 Å². The Balaban J connectivity index is 2.05. The second kappa shape index (κ2) is 8.89. The Kier molecular flexibility index (Phi) is 6.58. The van der Waals surface area contributed by atoms with Gasteiger partial charge >= 0.3 is 0 Å². The lowest BCUT2D eigenvalue weighted by Crippen LogP contribution is -2.04. The lowest BCUT2D eigenvalue weighted by atomic mass is 10.1. The van der Waals surface area contributed by atoms with Gasteiger partial charge in [0, 0.05) is 18.2 Å². The molecule has 126 valence electrons. The molecule has 0 aliphatic carbocycles. The van der Waals surface area contributed by atoms with Gasteiger partial charge in [-0.3, -0.25) is 4.79 Å². The van der Waals surface area contributed by atoms with Crippen LogP contribution in [0.25, 0.3) is 6.08 Å². The zero-order chi connectivity index (χ0) is 17.4. The first-order valence-corrected chi connectivity index (χ1v) is 7.73. The lowest BCUT2D eigenvalue weighted by Gasteiger charge is -2.06. The summed E-state index contributed by atoms with van der Waals surface area (Å²) in [6, 6.07) is 12.9. The molecular weight excluding hydrogens is 304 g/mol. The summed E-state index contributed by atoms with van der Waals surface area (Å²) in [5.74, 6) is 1.39. The fourth-order valence-electron chi connectivity index (χ4n) is 2.20. The molecule has 0 aromatic heterocycles. The number of hydrogen-bond donors (Lipinski definition) is 0. The molecule has 0 spiro atoms. The van der Waals surface area contributed by atoms with Crippen molar-refractivity contribution in [1.29, 1.82) is 0 Å². The number of aryl methyl sites for hydroxylation is 1. The highest BCUT2D eigenvalue weighted by Crippen LogP contribution is 2.21. The van der Waals surface area contributed by atoms with Crippen molar-refractivity contribution in [3.8, 4) is 11.5 Å². The van der Waals surface area contributed by atoms with Gasteiger partial charge in [0.1, 0.15) is 18.1 Å². The van der Waals surface area contributed by atoms with Gasteiger partial charge in [0.05, 0.1) is 13.7 Å². The second-order valence-corrected chi connectivity index (χ2v) is 5.31. The van der Waals surface area contributed by atoms with Gasteiger partial charge in [0.15, 0.2) is 5.78 Å². The van der Waals surface area contributed by atoms with Crippen LogP contribution in [0.5, 0.6) is 11.5 Å². The van der Waals surface area contributed by atoms with Crippen LogP contribution in [0.15, 0.2) is 48.5 Å². The molecular formula is C20H22O4. The van der Waals surface area contributed by atoms with Crippen LogP contribution in [-0.4, -0.2) is 33.2 Å². The van der Waals surface area contributed by atoms with Crippen LogP contribution in [0.3, 0.4) is 0 Å². The Morgan fingerprint density at radius 1 is 1.04 bits per heavy atom. The Labute approximate surface area is 142 Å². The first-order chi connectivity index (χ1) is 11.6. The molecule has 2 rings (SSSR count). The van der Waals surface area contributed by atoms with E-state index in [1.165, 1.54) is 0 Å². The summed E-state index contributed by atoms with van der Waals surface area (Å²) in [6.07, 6.45) is 3.33. The van der Waals surface area contributed by atoms with E-state index in [1.54, 1.807) is 50.6 Å². The van der Waals surface area contributed by atoms with E-state index < -0.39 is 0 Å². The fourth-order valence-corrected chi connectivity index (χ4v) is 2.20. The Bertz CT molecular complexity index is 702. The van der Waals surface area contributed by atoms with Crippen molar-refractivity contribution >= 4 is 11.9 Å². The van der Waals surface area contributed by atoms with E-state index in [-0.39, 0.29) is 5.78 Å². The van der Waals surface area contributed by atoms with Crippen molar-refractivity contribution < 1.29 is 19.0 Å². The van der Waals surface area contributed by atoms with Crippen molar-refractivity contribution in [2.24, 2.45) is 0 Å². The predicted octanol–water partition coefficient (Wildman–Crippen LogP) is 3.92. The number of rotatable bonds is 8. The largest absolute Gasteiger partial charge is 0.496 e. The fraction of sp³-hybridized carbons (Fsp3) is 0.250. The monoisotopic (exact) mass is 326 g/mol. The molecule has 0 fully saturated rings. The summed E-state index contributed by atoms with van der Waals surface area (Å²) in [5, 5.41) is 0. The number of carbonyl (C=O) groups is 1. The number of hydrogen-bond acceptors (Lipinski definition) is 4. The topological polar surface area (TPSA) is 44.8 Å². The Morgan fingerprint density at radius 2 is 1.79 bits per heavy atom. The van der Waals surface area contributed by atoms with Crippen LogP contribution < -0.4 is 9.47 Å². The molecule has 4 nitrogen and oxygen atoms in total. The maximum Gasteiger partial charge on any atom is 0.185 e. The molecule has 24 heavy (non-hydrogen) atoms. The van der Waals surface area contributed by atoms with Gasteiger partial charge in [-0.2, -0.15) is 0 Å². The van der Waals surface area contributed by atoms with E-state index in [4.69, 9.17) is 14.2 Å². The molecule has 0 amide bonds. The minimum Gasteiger partial charge on any atom is -0.496 e. The molecule has 0 bridgehead atoms. The van der Waals surface area contributed by atoms with Gasteiger partial charge in [-0.15, -0.1) is 0 Å². The minimum atomic E-state index is -0.0676. The molecule has 0 aliphatic rings. The standard InChI is InChI=1S/C20H22O4/c1-15-4-11-20(23-3)17(14-15)7-10-19(21)16-5-8-18(9-6-16)24-13-12-22-2/h4-11,14H,12-13H2,1-3H3. The van der Waals surface area contributed by atoms with E-state index in [2.05, 4.69) is 0 Å². The van der Waals surface area contributed by atoms with Crippen LogP contribution in [0.1, 0.15) is 21.5 Å². The molecule has 0 heterocycles. The first-order valence-electron chi connectivity index (χ1n) is 7.73. The third kappa shape index (κ3) is 4.96. The smallest absolute Gasteiger partial charge is 0.185 e. The van der Waals surface area contributed by atoms with Crippen LogP contribution in [-0.2, 0) is 4.74 Å². The van der Waals surface area contributed by atoms with Gasteiger partial charge in [-0.1, -0.05) is 11.6 Å². The molecule has 0 N–H and O–H groups in total. The SMILES string of the molecule is COCCOc1ccc(C(=O)C=Cc2cc(C)ccc2OC)cc1. The summed E-state index contributed by atoms with van der Waals surface area (Å²) >= 11 is 0. The molecule has 2 aromatic rings. The van der Waals surface area contributed by atoms with Gasteiger partial charge in [0.2, 0.25) is 0 Å². The molecule has 0 unspecified atom stereocenters. The van der Waals surface area contributed by atoms with E-state index in [9.17, 15) is 4.79 Å². The van der Waals surface area contributed by atoms with Gasteiger partial charge in [-0.25, -0.2) is 0 Å². The third-order valence-electron chi connectivity index (χ3n) is 3.49. The Hall–Kier alpha value is -2.59. The highest BCUT2D eigenvalue weighted by molar-refractivity contribution is 6.07. The van der Waals surface area contributed by atoms with Crippen LogP contribution >= 0.6 is 0 Å². The maximum absolute atomic E-state index is 12.3. The van der Waals surface area contributed by atoms with Gasteiger partial charge in [-0.05, 0) is 55.5 Å². The summed E-state index contributed by atoms with van der Waals surface area (Å²) in [7, 11) is 3.24. The molecule has 2 aromatic carbocycles. The average molecular weight is 326 g/mol. The highest BCUT2D eigenvalue weighted by atomic mass is 16.5. The highest BCUT2D eigenvalue weighted by Gasteiger charge is 2.04. The lowest BCUT2D eigenvalue weighted by molar-refractivity contribution is 0.104. The summed E-state index contributed by atoms with van der Waals surface area (Å²) in [4.78, 5) is 12.3. The van der Waals surface area contributed by atoms with Crippen LogP contribution in [0.4, 0.5) is 0 Å². The number of methoxy groups -OCH3 is 2. The zero-order valence-electron chi connectivity index (χ0n) is 14.2. The number of benzene rings is 2. The molecule has 0 saturated carbocycles. The molecule has 0 aliphatic heterocycles. The van der Waals surface area contributed by atoms with Crippen molar-refractivity contribution in [3.63, 3.8) is 0 Å². The number of ether oxygens (including phenoxy) is 3. The maximum atomic E-state index is 12.3. The molecule has 0 saturated heterocycles. The quantitative estimate of drug-likeness (QED) is 0.419. The van der Waals surface area contributed by atoms with Crippen LogP contribution in [0.2, 0.25) is 0 Å². The van der Waals surface area contributed by atoms with Gasteiger partial charge in [0.25, 0.3) is 0 Å². The predicted molar refractivity (Wildman–Crippen MR) is 94.9 cm³/mol. The number of allylic oxidation sites excluding steroid dienone is 1. The number of carbonyl (C=O) groups excluding carboxylic acids is 1. The van der Waals surface area contributed by atoms with E-state index in [1.807, 2.05) is 25.1 Å². The summed E-state index contributed by atoms with van der Waals surface area (Å²) in [5.41, 5.74) is 2.60. The molecule has 4 heteroatoms. The molecule has 0 radical (unpaired) electrons. The number of ketones is 1. The van der Waals surface area contributed by atoms with Crippen LogP contribution in [0, 0.1) is 6.92 Å².